The number of nitrogens with zero attached hydrogens (tertiary/aromatic N) is 4. The molecule has 0 radical (unpaired) electrons. The average molecular weight is 311 g/mol. The van der Waals surface area contributed by atoms with Crippen LogP contribution in [0.5, 0.6) is 0 Å². The summed E-state index contributed by atoms with van der Waals surface area (Å²) in [6.07, 6.45) is -1.91. The lowest BCUT2D eigenvalue weighted by atomic mass is 10.1. The van der Waals surface area contributed by atoms with Crippen LogP contribution >= 0.6 is 0 Å². The van der Waals surface area contributed by atoms with E-state index >= 15 is 0 Å². The first-order valence-electron chi connectivity index (χ1n) is 7.04. The van der Waals surface area contributed by atoms with Crippen LogP contribution in [0.1, 0.15) is 20.3 Å². The van der Waals surface area contributed by atoms with E-state index in [-0.39, 0.29) is 25.4 Å². The van der Waals surface area contributed by atoms with Gasteiger partial charge < -0.3 is 14.2 Å². The summed E-state index contributed by atoms with van der Waals surface area (Å²) in [5.41, 5.74) is 8.47. The molecule has 3 amide bonds. The van der Waals surface area contributed by atoms with E-state index in [4.69, 9.17) is 19.7 Å². The lowest BCUT2D eigenvalue weighted by Gasteiger charge is -2.34. The molecule has 3 heterocycles. The molecule has 0 aromatic heterocycles. The zero-order chi connectivity index (χ0) is 15.9. The number of carbonyl (C=O) groups excluding carboxylic acids is 2. The molecule has 1 N–H and O–H groups in total. The molecule has 0 aromatic rings. The first-order chi connectivity index (χ1) is 10.4. The van der Waals surface area contributed by atoms with Crippen LogP contribution in [0.2, 0.25) is 0 Å². The molecule has 10 nitrogen and oxygen atoms in total. The Balaban J connectivity index is 1.80. The van der Waals surface area contributed by atoms with Crippen molar-refractivity contribution in [3.63, 3.8) is 0 Å². The second kappa shape index (κ2) is 5.40. The van der Waals surface area contributed by atoms with E-state index in [2.05, 4.69) is 15.3 Å². The average Bonchev–Trinajstić information content (AvgIpc) is 2.91. The Labute approximate surface area is 126 Å². The Bertz CT molecular complexity index is 546. The fourth-order valence-corrected chi connectivity index (χ4v) is 2.99. The third-order valence-electron chi connectivity index (χ3n) is 3.84. The predicted octanol–water partition coefficient (Wildman–Crippen LogP) is 0.484. The maximum atomic E-state index is 12.0. The topological polar surface area (TPSA) is 126 Å². The van der Waals surface area contributed by atoms with E-state index in [0.29, 0.717) is 0 Å². The van der Waals surface area contributed by atoms with Crippen molar-refractivity contribution >= 4 is 11.9 Å². The first kappa shape index (κ1) is 15.0. The molecule has 0 unspecified atom stereocenters. The molecule has 0 spiro atoms. The third-order valence-corrected chi connectivity index (χ3v) is 3.84. The maximum absolute atomic E-state index is 12.0. The van der Waals surface area contributed by atoms with Gasteiger partial charge in [-0.25, -0.2) is 4.79 Å². The molecular weight excluding hydrogens is 294 g/mol. The van der Waals surface area contributed by atoms with Crippen molar-refractivity contribution in [1.82, 2.24) is 10.2 Å². The van der Waals surface area contributed by atoms with Gasteiger partial charge in [0.2, 0.25) is 5.91 Å². The summed E-state index contributed by atoms with van der Waals surface area (Å²) < 4.78 is 17.4. The van der Waals surface area contributed by atoms with Crippen LogP contribution in [0.25, 0.3) is 10.4 Å². The van der Waals surface area contributed by atoms with Gasteiger partial charge in [-0.15, -0.1) is 0 Å². The number of azide groups is 1. The van der Waals surface area contributed by atoms with E-state index in [0.717, 1.165) is 0 Å². The summed E-state index contributed by atoms with van der Waals surface area (Å²) in [7, 11) is 0. The number of fused-ring (bicyclic) bond motifs is 1. The number of rotatable bonds is 3. The Hall–Kier alpha value is -1.87. The van der Waals surface area contributed by atoms with Crippen LogP contribution in [0, 0.1) is 0 Å². The van der Waals surface area contributed by atoms with Gasteiger partial charge in [0.15, 0.2) is 12.0 Å². The van der Waals surface area contributed by atoms with Crippen LogP contribution in [0.4, 0.5) is 4.79 Å². The highest BCUT2D eigenvalue weighted by atomic mass is 16.8. The van der Waals surface area contributed by atoms with Gasteiger partial charge in [0, 0.05) is 17.9 Å². The van der Waals surface area contributed by atoms with E-state index in [1.54, 1.807) is 13.8 Å². The summed E-state index contributed by atoms with van der Waals surface area (Å²) in [5.74, 6) is -1.13. The van der Waals surface area contributed by atoms with Crippen molar-refractivity contribution in [2.75, 3.05) is 13.1 Å². The second-order valence-corrected chi connectivity index (χ2v) is 5.84. The standard InChI is InChI=1S/C12H17N5O5/c1-12(2)21-8-6(5-14-16-13)20-10(9(8)22-12)17-4-3-7(18)15-11(17)19/h6,8-10H,3-5H2,1-2H3,(H,15,18,19)/t6-,8-,9-,10-/m1/s1. The molecule has 4 atom stereocenters. The molecule has 120 valence electrons. The lowest BCUT2D eigenvalue weighted by Crippen LogP contribution is -2.56. The van der Waals surface area contributed by atoms with E-state index < -0.39 is 36.4 Å². The van der Waals surface area contributed by atoms with Crippen LogP contribution in [-0.2, 0) is 19.0 Å². The third kappa shape index (κ3) is 2.61. The molecule has 3 aliphatic heterocycles. The molecule has 3 fully saturated rings. The minimum absolute atomic E-state index is 0.0853. The van der Waals surface area contributed by atoms with Crippen LogP contribution in [0.15, 0.2) is 5.11 Å². The number of ether oxygens (including phenoxy) is 3. The smallest absolute Gasteiger partial charge is 0.326 e. The second-order valence-electron chi connectivity index (χ2n) is 5.84. The molecule has 0 aliphatic carbocycles. The molecule has 10 heteroatoms. The molecule has 22 heavy (non-hydrogen) atoms. The van der Waals surface area contributed by atoms with Gasteiger partial charge in [-0.1, -0.05) is 5.11 Å². The van der Waals surface area contributed by atoms with Crippen LogP contribution < -0.4 is 5.32 Å². The molecule has 0 saturated carbocycles. The number of imide groups is 1. The Kier molecular flexibility index (Phi) is 3.69. The lowest BCUT2D eigenvalue weighted by molar-refractivity contribution is -0.200. The largest absolute Gasteiger partial charge is 0.349 e. The Morgan fingerprint density at radius 3 is 2.82 bits per heavy atom. The van der Waals surface area contributed by atoms with Crippen molar-refractivity contribution in [2.24, 2.45) is 5.11 Å². The van der Waals surface area contributed by atoms with E-state index in [1.807, 2.05) is 0 Å². The van der Waals surface area contributed by atoms with E-state index in [1.165, 1.54) is 4.90 Å². The van der Waals surface area contributed by atoms with Gasteiger partial charge >= 0.3 is 6.03 Å². The highest BCUT2D eigenvalue weighted by Gasteiger charge is 2.57. The Morgan fingerprint density at radius 2 is 2.14 bits per heavy atom. The quantitative estimate of drug-likeness (QED) is 0.461. The normalized spacial score (nSPS) is 36.7. The summed E-state index contributed by atoms with van der Waals surface area (Å²) >= 11 is 0. The van der Waals surface area contributed by atoms with Crippen molar-refractivity contribution < 1.29 is 23.8 Å². The van der Waals surface area contributed by atoms with Gasteiger partial charge in [0.1, 0.15) is 12.2 Å². The number of nitrogens with one attached hydrogen (secondary N) is 1. The van der Waals surface area contributed by atoms with Gasteiger partial charge in [-0.3, -0.25) is 15.0 Å². The maximum Gasteiger partial charge on any atom is 0.326 e. The van der Waals surface area contributed by atoms with Crippen molar-refractivity contribution in [3.05, 3.63) is 10.4 Å². The summed E-state index contributed by atoms with van der Waals surface area (Å²) in [4.78, 5) is 27.4. The van der Waals surface area contributed by atoms with Crippen molar-refractivity contribution in [1.29, 1.82) is 0 Å². The number of hydrogen-bond donors (Lipinski definition) is 1. The molecule has 3 aliphatic rings. The minimum Gasteiger partial charge on any atom is -0.349 e. The van der Waals surface area contributed by atoms with E-state index in [9.17, 15) is 9.59 Å². The first-order valence-corrected chi connectivity index (χ1v) is 7.04. The minimum atomic E-state index is -0.811. The highest BCUT2D eigenvalue weighted by molar-refractivity contribution is 5.96. The SMILES string of the molecule is CC1(C)O[C@@H]2[C@H](O1)[C@@H](CN=[N+]=[N-])O[C@H]2N1CCC(=O)NC1=O. The number of urea groups is 1. The molecule has 3 saturated heterocycles. The summed E-state index contributed by atoms with van der Waals surface area (Å²) in [6, 6.07) is -0.516. The van der Waals surface area contributed by atoms with Crippen molar-refractivity contribution in [2.45, 2.75) is 50.6 Å². The fourth-order valence-electron chi connectivity index (χ4n) is 2.99. The predicted molar refractivity (Wildman–Crippen MR) is 71.4 cm³/mol. The number of amides is 3. The summed E-state index contributed by atoms with van der Waals surface area (Å²) in [5, 5.41) is 5.77. The zero-order valence-electron chi connectivity index (χ0n) is 12.3. The van der Waals surface area contributed by atoms with Gasteiger partial charge in [0.05, 0.1) is 12.6 Å². The number of carbonyl (C=O) groups is 2. The fraction of sp³-hybridized carbons (Fsp3) is 0.833. The molecule has 3 rings (SSSR count). The molecular formula is C12H17N5O5. The highest BCUT2D eigenvalue weighted by Crippen LogP contribution is 2.40. The number of hydrogen-bond acceptors (Lipinski definition) is 6. The monoisotopic (exact) mass is 311 g/mol. The van der Waals surface area contributed by atoms with Crippen LogP contribution in [0.3, 0.4) is 0 Å². The summed E-state index contributed by atoms with van der Waals surface area (Å²) in [6.45, 7) is 3.87. The zero-order valence-corrected chi connectivity index (χ0v) is 12.3. The Morgan fingerprint density at radius 1 is 1.41 bits per heavy atom. The molecule has 0 aromatic carbocycles. The van der Waals surface area contributed by atoms with Gasteiger partial charge in [0.25, 0.3) is 0 Å². The molecule has 0 bridgehead atoms. The van der Waals surface area contributed by atoms with Gasteiger partial charge in [-0.05, 0) is 19.4 Å². The van der Waals surface area contributed by atoms with Crippen LogP contribution in [-0.4, -0.2) is 60.3 Å². The van der Waals surface area contributed by atoms with Gasteiger partial charge in [-0.2, -0.15) is 0 Å². The van der Waals surface area contributed by atoms with Crippen molar-refractivity contribution in [3.8, 4) is 0 Å².